The van der Waals surface area contributed by atoms with Gasteiger partial charge in [0.25, 0.3) is 0 Å². The molecule has 0 saturated carbocycles. The van der Waals surface area contributed by atoms with Crippen LogP contribution in [-0.2, 0) is 11.4 Å². The number of rotatable bonds is 9. The normalized spacial score (nSPS) is 11.4. The zero-order chi connectivity index (χ0) is 18.8. The molecule has 0 aliphatic carbocycles. The summed E-state index contributed by atoms with van der Waals surface area (Å²) in [5, 5.41) is 14.1. The van der Waals surface area contributed by atoms with Crippen LogP contribution in [0, 0.1) is 0 Å². The first-order chi connectivity index (χ1) is 12.6. The molecule has 0 fully saturated rings. The Morgan fingerprint density at radius 1 is 1.08 bits per heavy atom. The summed E-state index contributed by atoms with van der Waals surface area (Å²) in [5.74, 6) is -0.153. The van der Waals surface area contributed by atoms with Crippen molar-refractivity contribution < 1.29 is 19.4 Å². The third-order valence-corrected chi connectivity index (χ3v) is 3.82. The summed E-state index contributed by atoms with van der Waals surface area (Å²) in [7, 11) is 0. The Balaban J connectivity index is 1.88. The van der Waals surface area contributed by atoms with Gasteiger partial charge in [-0.05, 0) is 25.0 Å². The van der Waals surface area contributed by atoms with Crippen LogP contribution >= 0.6 is 0 Å². The van der Waals surface area contributed by atoms with Crippen molar-refractivity contribution in [3.8, 4) is 5.75 Å². The second kappa shape index (κ2) is 10.1. The van der Waals surface area contributed by atoms with Crippen molar-refractivity contribution in [3.63, 3.8) is 0 Å². The third kappa shape index (κ3) is 6.47. The quantitative estimate of drug-likeness (QED) is 0.600. The van der Waals surface area contributed by atoms with Crippen LogP contribution in [0.5, 0.6) is 5.75 Å². The van der Waals surface area contributed by atoms with E-state index in [2.05, 4.69) is 10.6 Å². The lowest BCUT2D eigenvalue weighted by Gasteiger charge is -2.18. The topological polar surface area (TPSA) is 87.7 Å². The maximum absolute atomic E-state index is 12.0. The average Bonchev–Trinajstić information content (AvgIpc) is 2.64. The van der Waals surface area contributed by atoms with Crippen molar-refractivity contribution in [1.82, 2.24) is 10.6 Å². The molecule has 0 bridgehead atoms. The number of amides is 2. The number of carboxylic acid groups (broad SMARTS) is 1. The Labute approximate surface area is 153 Å². The number of benzene rings is 2. The van der Waals surface area contributed by atoms with Crippen molar-refractivity contribution >= 4 is 12.0 Å². The minimum atomic E-state index is -0.870. The highest BCUT2D eigenvalue weighted by molar-refractivity contribution is 5.74. The molecule has 0 saturated heterocycles. The molecule has 2 amide bonds. The Morgan fingerprint density at radius 3 is 2.50 bits per heavy atom. The van der Waals surface area contributed by atoms with Crippen LogP contribution in [0.25, 0.3) is 0 Å². The maximum Gasteiger partial charge on any atom is 0.315 e. The smallest absolute Gasteiger partial charge is 0.315 e. The van der Waals surface area contributed by atoms with E-state index in [1.807, 2.05) is 61.5 Å². The standard InChI is InChI=1S/C20H24N2O4/c1-15(22-20(25)21-13-7-12-19(23)24)17-10-5-6-11-18(17)26-14-16-8-3-2-4-9-16/h2-6,8-11,15H,7,12-14H2,1H3,(H,23,24)(H2,21,22,25)/t15-/m1/s1. The number of urea groups is 1. The number of nitrogens with one attached hydrogen (secondary N) is 2. The predicted molar refractivity (Wildman–Crippen MR) is 99.0 cm³/mol. The van der Waals surface area contributed by atoms with Gasteiger partial charge in [-0.25, -0.2) is 4.79 Å². The van der Waals surface area contributed by atoms with E-state index >= 15 is 0 Å². The first-order valence-electron chi connectivity index (χ1n) is 8.58. The predicted octanol–water partition coefficient (Wildman–Crippen LogP) is 3.49. The fourth-order valence-corrected chi connectivity index (χ4v) is 2.47. The minimum absolute atomic E-state index is 0.0337. The summed E-state index contributed by atoms with van der Waals surface area (Å²) in [5.41, 5.74) is 1.95. The molecule has 0 aliphatic heterocycles. The number of carbonyl (C=O) groups is 2. The molecule has 1 atom stereocenters. The van der Waals surface area contributed by atoms with Gasteiger partial charge in [-0.2, -0.15) is 0 Å². The van der Waals surface area contributed by atoms with Gasteiger partial charge in [0, 0.05) is 18.5 Å². The summed E-state index contributed by atoms with van der Waals surface area (Å²) >= 11 is 0. The molecule has 26 heavy (non-hydrogen) atoms. The van der Waals surface area contributed by atoms with E-state index in [0.717, 1.165) is 16.9 Å². The summed E-state index contributed by atoms with van der Waals surface area (Å²) in [6, 6.07) is 16.9. The van der Waals surface area contributed by atoms with E-state index in [-0.39, 0.29) is 18.5 Å². The second-order valence-corrected chi connectivity index (χ2v) is 5.93. The lowest BCUT2D eigenvalue weighted by molar-refractivity contribution is -0.137. The summed E-state index contributed by atoms with van der Waals surface area (Å²) in [4.78, 5) is 22.4. The Kier molecular flexibility index (Phi) is 7.49. The van der Waals surface area contributed by atoms with Crippen molar-refractivity contribution in [1.29, 1.82) is 0 Å². The summed E-state index contributed by atoms with van der Waals surface area (Å²) in [6.45, 7) is 2.64. The van der Waals surface area contributed by atoms with Gasteiger partial charge in [0.05, 0.1) is 6.04 Å². The number of aliphatic carboxylic acids is 1. The molecule has 0 heterocycles. The van der Waals surface area contributed by atoms with E-state index in [1.165, 1.54) is 0 Å². The van der Waals surface area contributed by atoms with Crippen molar-refractivity contribution in [2.75, 3.05) is 6.54 Å². The van der Waals surface area contributed by atoms with Gasteiger partial charge in [-0.15, -0.1) is 0 Å². The number of hydrogen-bond donors (Lipinski definition) is 3. The van der Waals surface area contributed by atoms with Gasteiger partial charge in [-0.1, -0.05) is 48.5 Å². The van der Waals surface area contributed by atoms with E-state index in [1.54, 1.807) is 0 Å². The monoisotopic (exact) mass is 356 g/mol. The van der Waals surface area contributed by atoms with E-state index < -0.39 is 5.97 Å². The number of ether oxygens (including phenoxy) is 1. The largest absolute Gasteiger partial charge is 0.489 e. The number of carbonyl (C=O) groups excluding carboxylic acids is 1. The highest BCUT2D eigenvalue weighted by atomic mass is 16.5. The average molecular weight is 356 g/mol. The van der Waals surface area contributed by atoms with Crippen LogP contribution in [0.3, 0.4) is 0 Å². The number of carboxylic acids is 1. The van der Waals surface area contributed by atoms with Crippen molar-refractivity contribution in [3.05, 3.63) is 65.7 Å². The number of para-hydroxylation sites is 1. The molecule has 0 radical (unpaired) electrons. The van der Waals surface area contributed by atoms with Crippen LogP contribution in [0.4, 0.5) is 4.79 Å². The Morgan fingerprint density at radius 2 is 1.77 bits per heavy atom. The summed E-state index contributed by atoms with van der Waals surface area (Å²) < 4.78 is 5.91. The van der Waals surface area contributed by atoms with E-state index in [0.29, 0.717) is 19.6 Å². The molecule has 0 spiro atoms. The number of hydrogen-bond acceptors (Lipinski definition) is 3. The Hall–Kier alpha value is -3.02. The van der Waals surface area contributed by atoms with Gasteiger partial charge in [0.15, 0.2) is 0 Å². The molecule has 6 nitrogen and oxygen atoms in total. The zero-order valence-electron chi connectivity index (χ0n) is 14.8. The maximum atomic E-state index is 12.0. The minimum Gasteiger partial charge on any atom is -0.489 e. The van der Waals surface area contributed by atoms with Crippen LogP contribution in [0.2, 0.25) is 0 Å². The lowest BCUT2D eigenvalue weighted by Crippen LogP contribution is -2.37. The van der Waals surface area contributed by atoms with Crippen LogP contribution in [0.1, 0.15) is 36.9 Å². The molecule has 138 valence electrons. The first-order valence-corrected chi connectivity index (χ1v) is 8.58. The first kappa shape index (κ1) is 19.3. The lowest BCUT2D eigenvalue weighted by atomic mass is 10.1. The molecular weight excluding hydrogens is 332 g/mol. The third-order valence-electron chi connectivity index (χ3n) is 3.82. The van der Waals surface area contributed by atoms with Crippen molar-refractivity contribution in [2.24, 2.45) is 0 Å². The molecule has 0 aromatic heterocycles. The highest BCUT2D eigenvalue weighted by Gasteiger charge is 2.14. The highest BCUT2D eigenvalue weighted by Crippen LogP contribution is 2.25. The zero-order valence-corrected chi connectivity index (χ0v) is 14.8. The van der Waals surface area contributed by atoms with Gasteiger partial charge in [-0.3, -0.25) is 4.79 Å². The Bertz CT molecular complexity index is 719. The molecule has 0 aliphatic rings. The fraction of sp³-hybridized carbons (Fsp3) is 0.300. The van der Waals surface area contributed by atoms with Gasteiger partial charge in [0.1, 0.15) is 12.4 Å². The van der Waals surface area contributed by atoms with Gasteiger partial charge >= 0.3 is 12.0 Å². The van der Waals surface area contributed by atoms with Gasteiger partial charge < -0.3 is 20.5 Å². The van der Waals surface area contributed by atoms with Crippen LogP contribution in [-0.4, -0.2) is 23.7 Å². The van der Waals surface area contributed by atoms with E-state index in [9.17, 15) is 9.59 Å². The molecule has 2 aromatic rings. The molecule has 2 aromatic carbocycles. The molecule has 0 unspecified atom stereocenters. The van der Waals surface area contributed by atoms with Crippen LogP contribution < -0.4 is 15.4 Å². The molecule has 3 N–H and O–H groups in total. The SMILES string of the molecule is C[C@@H](NC(=O)NCCCC(=O)O)c1ccccc1OCc1ccccc1. The van der Waals surface area contributed by atoms with Crippen LogP contribution in [0.15, 0.2) is 54.6 Å². The van der Waals surface area contributed by atoms with Crippen molar-refractivity contribution in [2.45, 2.75) is 32.4 Å². The van der Waals surface area contributed by atoms with E-state index in [4.69, 9.17) is 9.84 Å². The molecule has 2 rings (SSSR count). The second-order valence-electron chi connectivity index (χ2n) is 5.93. The summed E-state index contributed by atoms with van der Waals surface area (Å²) in [6.07, 6.45) is 0.430. The molecule has 6 heteroatoms. The van der Waals surface area contributed by atoms with Gasteiger partial charge in [0.2, 0.25) is 0 Å². The molecular formula is C20H24N2O4. The fourth-order valence-electron chi connectivity index (χ4n) is 2.47.